The van der Waals surface area contributed by atoms with Crippen LogP contribution in [0, 0.1) is 5.92 Å². The number of nitrogens with zero attached hydrogens (tertiary/aromatic N) is 1. The summed E-state index contributed by atoms with van der Waals surface area (Å²) in [6.45, 7) is 15.9. The molecule has 5 heteroatoms. The van der Waals surface area contributed by atoms with Crippen LogP contribution in [0.15, 0.2) is 0 Å². The summed E-state index contributed by atoms with van der Waals surface area (Å²) in [7, 11) is 3.39. The van der Waals surface area contributed by atoms with Crippen molar-refractivity contribution in [2.75, 3.05) is 27.2 Å². The second-order valence-corrected chi connectivity index (χ2v) is 5.50. The van der Waals surface area contributed by atoms with Crippen LogP contribution in [0.5, 0.6) is 0 Å². The quantitative estimate of drug-likeness (QED) is 0.618. The monoisotopic (exact) mass is 334 g/mol. The average Bonchev–Trinajstić information content (AvgIpc) is 2.95. The molecule has 23 heavy (non-hydrogen) atoms. The van der Waals surface area contributed by atoms with E-state index in [1.165, 1.54) is 13.5 Å². The van der Waals surface area contributed by atoms with Crippen LogP contribution in [-0.4, -0.2) is 50.4 Å². The molecule has 1 unspecified atom stereocenters. The Morgan fingerprint density at radius 2 is 1.65 bits per heavy atom. The Balaban J connectivity index is -0.000000117. The summed E-state index contributed by atoms with van der Waals surface area (Å²) in [5.41, 5.74) is 4.66. The number of carbonyl (C=O) groups excluding carboxylic acids is 2. The number of esters is 1. The molecule has 1 atom stereocenters. The van der Waals surface area contributed by atoms with E-state index in [-0.39, 0.29) is 18.6 Å². The number of nitrogens with two attached hydrogens (primary N) is 1. The number of ether oxygens (including phenoxy) is 1. The molecular formula is C18H42N2O3. The van der Waals surface area contributed by atoms with E-state index in [9.17, 15) is 4.79 Å². The van der Waals surface area contributed by atoms with Gasteiger partial charge in [0, 0.05) is 6.54 Å². The first kappa shape index (κ1) is 30.0. The summed E-state index contributed by atoms with van der Waals surface area (Å²) in [6.07, 6.45) is 3.96. The molecule has 0 amide bonds. The Labute approximate surface area is 144 Å². The minimum Gasteiger partial charge on any atom is -0.468 e. The van der Waals surface area contributed by atoms with Crippen LogP contribution >= 0.6 is 0 Å². The van der Waals surface area contributed by atoms with Crippen molar-refractivity contribution >= 4 is 12.3 Å². The number of likely N-dealkylation sites (tertiary alicyclic amines) is 1. The van der Waals surface area contributed by atoms with Gasteiger partial charge in [-0.2, -0.15) is 0 Å². The third kappa shape index (κ3) is 29.7. The van der Waals surface area contributed by atoms with Gasteiger partial charge in [0.05, 0.1) is 7.11 Å². The fourth-order valence-corrected chi connectivity index (χ4v) is 1.34. The lowest BCUT2D eigenvalue weighted by atomic mass is 10.2. The zero-order valence-corrected chi connectivity index (χ0v) is 17.0. The molecule has 0 aromatic heterocycles. The highest BCUT2D eigenvalue weighted by Crippen LogP contribution is 2.15. The van der Waals surface area contributed by atoms with Crippen molar-refractivity contribution in [3.63, 3.8) is 0 Å². The lowest BCUT2D eigenvalue weighted by Gasteiger charge is -2.15. The van der Waals surface area contributed by atoms with Gasteiger partial charge >= 0.3 is 5.97 Å². The maximum Gasteiger partial charge on any atom is 0.323 e. The molecule has 1 saturated heterocycles. The SMILES string of the molecule is CC.CC(C)C.CCC.COC(=O)C1CCCN1C.NCC=O. The Bertz CT molecular complexity index is 232. The van der Waals surface area contributed by atoms with Gasteiger partial charge in [0.15, 0.2) is 0 Å². The molecule has 0 bridgehead atoms. The number of methoxy groups -OCH3 is 1. The zero-order valence-electron chi connectivity index (χ0n) is 17.0. The Morgan fingerprint density at radius 1 is 1.30 bits per heavy atom. The van der Waals surface area contributed by atoms with Gasteiger partial charge < -0.3 is 15.3 Å². The number of rotatable bonds is 2. The lowest BCUT2D eigenvalue weighted by Crippen LogP contribution is -2.33. The summed E-state index contributed by atoms with van der Waals surface area (Å²) < 4.78 is 4.62. The van der Waals surface area contributed by atoms with E-state index < -0.39 is 0 Å². The van der Waals surface area contributed by atoms with Gasteiger partial charge in [-0.05, 0) is 32.4 Å². The molecule has 2 N–H and O–H groups in total. The minimum atomic E-state index is -0.0972. The van der Waals surface area contributed by atoms with E-state index in [0.29, 0.717) is 6.29 Å². The molecule has 1 aliphatic rings. The normalized spacial score (nSPS) is 15.3. The number of hydrogen-bond donors (Lipinski definition) is 1. The average molecular weight is 335 g/mol. The fourth-order valence-electron chi connectivity index (χ4n) is 1.34. The van der Waals surface area contributed by atoms with Crippen molar-refractivity contribution in [3.8, 4) is 0 Å². The number of carbonyl (C=O) groups is 2. The number of hydrogen-bond acceptors (Lipinski definition) is 5. The molecule has 142 valence electrons. The van der Waals surface area contributed by atoms with E-state index in [4.69, 9.17) is 4.79 Å². The van der Waals surface area contributed by atoms with Gasteiger partial charge in [0.25, 0.3) is 0 Å². The van der Waals surface area contributed by atoms with Gasteiger partial charge in [-0.3, -0.25) is 9.69 Å². The number of likely N-dealkylation sites (N-methyl/N-ethyl adjacent to an activating group) is 1. The van der Waals surface area contributed by atoms with Gasteiger partial charge in [0.2, 0.25) is 0 Å². The molecule has 1 aliphatic heterocycles. The molecule has 1 rings (SSSR count). The third-order valence-corrected chi connectivity index (χ3v) is 2.09. The highest BCUT2D eigenvalue weighted by Gasteiger charge is 2.27. The Hall–Kier alpha value is -0.940. The molecule has 0 radical (unpaired) electrons. The fraction of sp³-hybridized carbons (Fsp3) is 0.889. The molecule has 0 aliphatic carbocycles. The highest BCUT2D eigenvalue weighted by atomic mass is 16.5. The second kappa shape index (κ2) is 26.0. The van der Waals surface area contributed by atoms with Crippen LogP contribution in [0.25, 0.3) is 0 Å². The van der Waals surface area contributed by atoms with E-state index in [1.54, 1.807) is 0 Å². The molecular weight excluding hydrogens is 292 g/mol. The first-order chi connectivity index (χ1) is 10.8. The van der Waals surface area contributed by atoms with E-state index in [1.807, 2.05) is 25.8 Å². The predicted molar refractivity (Wildman–Crippen MR) is 101 cm³/mol. The largest absolute Gasteiger partial charge is 0.468 e. The standard InChI is InChI=1S/C7H13NO2.C4H10.C3H8.C2H5NO.C2H6/c1-8-5-3-4-6(8)7(9)10-2;1-4(2)3;1-3-2;3-1-2-4;1-2/h6H,3-5H2,1-2H3;4H,1-3H3;3H2,1-2H3;2H,1,3H2;1-2H3. The van der Waals surface area contributed by atoms with Crippen LogP contribution in [0.3, 0.4) is 0 Å². The first-order valence-corrected chi connectivity index (χ1v) is 8.73. The zero-order chi connectivity index (χ0) is 19.3. The van der Waals surface area contributed by atoms with E-state index in [0.717, 1.165) is 25.3 Å². The summed E-state index contributed by atoms with van der Waals surface area (Å²) in [5.74, 6) is 0.736. The van der Waals surface area contributed by atoms with E-state index >= 15 is 0 Å². The van der Waals surface area contributed by atoms with Crippen molar-refractivity contribution in [1.29, 1.82) is 0 Å². The lowest BCUT2D eigenvalue weighted by molar-refractivity contribution is -0.145. The van der Waals surface area contributed by atoms with Crippen molar-refractivity contribution in [2.24, 2.45) is 11.7 Å². The van der Waals surface area contributed by atoms with Crippen LogP contribution in [0.2, 0.25) is 0 Å². The van der Waals surface area contributed by atoms with Gasteiger partial charge in [-0.25, -0.2) is 0 Å². The molecule has 0 spiro atoms. The molecule has 1 heterocycles. The second-order valence-electron chi connectivity index (χ2n) is 5.50. The van der Waals surface area contributed by atoms with Gasteiger partial charge in [-0.1, -0.05) is 54.9 Å². The van der Waals surface area contributed by atoms with Crippen molar-refractivity contribution < 1.29 is 14.3 Å². The third-order valence-electron chi connectivity index (χ3n) is 2.09. The summed E-state index contributed by atoms with van der Waals surface area (Å²) in [4.78, 5) is 22.0. The van der Waals surface area contributed by atoms with Gasteiger partial charge in [-0.15, -0.1) is 0 Å². The first-order valence-electron chi connectivity index (χ1n) is 8.73. The minimum absolute atomic E-state index is 0.0185. The maximum absolute atomic E-state index is 11.0. The molecule has 0 saturated carbocycles. The molecule has 1 fully saturated rings. The summed E-state index contributed by atoms with van der Waals surface area (Å²) in [5, 5.41) is 0. The summed E-state index contributed by atoms with van der Waals surface area (Å²) in [6, 6.07) is 0.0185. The van der Waals surface area contributed by atoms with Crippen LogP contribution in [0.1, 0.15) is 67.7 Å². The van der Waals surface area contributed by atoms with Crippen molar-refractivity contribution in [2.45, 2.75) is 73.8 Å². The number of aldehydes is 1. The van der Waals surface area contributed by atoms with Gasteiger partial charge in [0.1, 0.15) is 12.3 Å². The van der Waals surface area contributed by atoms with Crippen molar-refractivity contribution in [1.82, 2.24) is 4.90 Å². The van der Waals surface area contributed by atoms with Crippen LogP contribution < -0.4 is 5.73 Å². The molecule has 0 aromatic rings. The highest BCUT2D eigenvalue weighted by molar-refractivity contribution is 5.75. The molecule has 0 aromatic carbocycles. The predicted octanol–water partition coefficient (Wildman–Crippen LogP) is 3.50. The van der Waals surface area contributed by atoms with E-state index in [2.05, 4.69) is 45.1 Å². The topological polar surface area (TPSA) is 72.6 Å². The Morgan fingerprint density at radius 3 is 1.83 bits per heavy atom. The summed E-state index contributed by atoms with van der Waals surface area (Å²) >= 11 is 0. The van der Waals surface area contributed by atoms with Crippen LogP contribution in [-0.2, 0) is 14.3 Å². The molecule has 5 nitrogen and oxygen atoms in total. The van der Waals surface area contributed by atoms with Crippen LogP contribution in [0.4, 0.5) is 0 Å². The Kier molecular flexibility index (Phi) is 33.9. The van der Waals surface area contributed by atoms with Crippen molar-refractivity contribution in [3.05, 3.63) is 0 Å². The maximum atomic E-state index is 11.0. The smallest absolute Gasteiger partial charge is 0.323 e.